The van der Waals surface area contributed by atoms with Gasteiger partial charge in [0.2, 0.25) is 11.7 Å². The van der Waals surface area contributed by atoms with Crippen molar-refractivity contribution in [3.05, 3.63) is 65.2 Å². The van der Waals surface area contributed by atoms with E-state index in [4.69, 9.17) is 9.47 Å². The van der Waals surface area contributed by atoms with Crippen molar-refractivity contribution in [2.24, 2.45) is 5.92 Å². The number of carbonyl (C=O) groups is 4. The smallest absolute Gasteiger partial charge is 0.318 e. The van der Waals surface area contributed by atoms with Crippen LogP contribution in [0.2, 0.25) is 0 Å². The van der Waals surface area contributed by atoms with Gasteiger partial charge in [-0.15, -0.1) is 0 Å². The molecule has 1 heterocycles. The molecule has 1 aliphatic carbocycles. The van der Waals surface area contributed by atoms with Crippen LogP contribution in [-0.2, 0) is 30.5 Å². The minimum atomic E-state index is -1.24. The van der Waals surface area contributed by atoms with Crippen molar-refractivity contribution < 1.29 is 28.7 Å². The first-order valence-corrected chi connectivity index (χ1v) is 15.3. The van der Waals surface area contributed by atoms with E-state index in [0.29, 0.717) is 38.4 Å². The monoisotopic (exact) mass is 592 g/mol. The van der Waals surface area contributed by atoms with Gasteiger partial charge < -0.3 is 30.3 Å². The number of morpholine rings is 1. The Balaban J connectivity index is 1.49. The summed E-state index contributed by atoms with van der Waals surface area (Å²) < 4.78 is 11.2. The SMILES string of the molecule is Cc1cccc(C)c1NC(=O)C(=O)C(COCc1ccccc1)NC(=O)[C@H](CC1CCCCC1)NC(=O)N1CCOCC1. The molecular formula is C33H44N4O6. The van der Waals surface area contributed by atoms with Gasteiger partial charge in [-0.3, -0.25) is 14.4 Å². The topological polar surface area (TPSA) is 126 Å². The standard InChI is InChI=1S/C33H44N4O6/c1-23-10-9-11-24(2)29(23)36-32(40)30(38)28(22-43-21-26-14-7-4-8-15-26)34-31(39)27(20-25-12-5-3-6-13-25)35-33(41)37-16-18-42-19-17-37/h4,7-11,14-15,25,27-28H,3,5-6,12-13,16-22H2,1-2H3,(H,34,39)(H,35,41)(H,36,40)/t27-,28?/m0/s1. The number of carbonyl (C=O) groups excluding carboxylic acids is 4. The van der Waals surface area contributed by atoms with Gasteiger partial charge in [0, 0.05) is 18.8 Å². The molecule has 4 rings (SSSR count). The molecule has 2 atom stereocenters. The zero-order valence-corrected chi connectivity index (χ0v) is 25.2. The number of ketones is 1. The molecule has 10 nitrogen and oxygen atoms in total. The summed E-state index contributed by atoms with van der Waals surface area (Å²) in [4.78, 5) is 55.2. The normalized spacial score (nSPS) is 17.0. The Morgan fingerprint density at radius 2 is 1.56 bits per heavy atom. The number of hydrogen-bond acceptors (Lipinski definition) is 6. The molecule has 4 amide bonds. The van der Waals surface area contributed by atoms with E-state index >= 15 is 0 Å². The lowest BCUT2D eigenvalue weighted by Gasteiger charge is -2.31. The van der Waals surface area contributed by atoms with Crippen molar-refractivity contribution in [1.82, 2.24) is 15.5 Å². The van der Waals surface area contributed by atoms with Crippen molar-refractivity contribution in [3.63, 3.8) is 0 Å². The molecule has 10 heteroatoms. The van der Waals surface area contributed by atoms with Crippen molar-refractivity contribution >= 4 is 29.3 Å². The molecule has 2 aromatic carbocycles. The largest absolute Gasteiger partial charge is 0.378 e. The van der Waals surface area contributed by atoms with Crippen molar-refractivity contribution in [2.75, 3.05) is 38.2 Å². The number of urea groups is 1. The number of anilines is 1. The third-order valence-electron chi connectivity index (χ3n) is 8.18. The summed E-state index contributed by atoms with van der Waals surface area (Å²) in [5.74, 6) is -1.88. The third kappa shape index (κ3) is 9.62. The van der Waals surface area contributed by atoms with Crippen LogP contribution in [0.15, 0.2) is 48.5 Å². The van der Waals surface area contributed by atoms with E-state index in [9.17, 15) is 19.2 Å². The highest BCUT2D eigenvalue weighted by Crippen LogP contribution is 2.27. The van der Waals surface area contributed by atoms with Gasteiger partial charge in [-0.1, -0.05) is 80.6 Å². The van der Waals surface area contributed by atoms with Gasteiger partial charge in [-0.2, -0.15) is 0 Å². The highest BCUT2D eigenvalue weighted by Gasteiger charge is 2.33. The molecule has 0 bridgehead atoms. The summed E-state index contributed by atoms with van der Waals surface area (Å²) in [5.41, 5.74) is 3.10. The van der Waals surface area contributed by atoms with Gasteiger partial charge in [0.25, 0.3) is 5.91 Å². The van der Waals surface area contributed by atoms with E-state index in [-0.39, 0.29) is 25.2 Å². The Kier molecular flexibility index (Phi) is 12.1. The predicted octanol–water partition coefficient (Wildman–Crippen LogP) is 3.89. The third-order valence-corrected chi connectivity index (χ3v) is 8.18. The number of para-hydroxylation sites is 1. The van der Waals surface area contributed by atoms with Gasteiger partial charge in [0.05, 0.1) is 26.4 Å². The number of benzene rings is 2. The summed E-state index contributed by atoms with van der Waals surface area (Å²) in [6.45, 7) is 5.47. The number of rotatable bonds is 12. The molecule has 43 heavy (non-hydrogen) atoms. The summed E-state index contributed by atoms with van der Waals surface area (Å²) in [6, 6.07) is 12.6. The molecule has 232 valence electrons. The van der Waals surface area contributed by atoms with Crippen LogP contribution >= 0.6 is 0 Å². The summed E-state index contributed by atoms with van der Waals surface area (Å²) in [6.07, 6.45) is 5.77. The molecule has 0 spiro atoms. The minimum Gasteiger partial charge on any atom is -0.378 e. The Labute approximate surface area is 253 Å². The van der Waals surface area contributed by atoms with Crippen molar-refractivity contribution in [3.8, 4) is 0 Å². The number of hydrogen-bond donors (Lipinski definition) is 3. The Morgan fingerprint density at radius 3 is 2.23 bits per heavy atom. The molecule has 1 unspecified atom stereocenters. The average molecular weight is 593 g/mol. The number of ether oxygens (including phenoxy) is 2. The molecule has 1 saturated heterocycles. The first-order chi connectivity index (χ1) is 20.8. The second kappa shape index (κ2) is 16.2. The first kappa shape index (κ1) is 32.2. The van der Waals surface area contributed by atoms with Crippen LogP contribution < -0.4 is 16.0 Å². The van der Waals surface area contributed by atoms with Crippen LogP contribution in [0.1, 0.15) is 55.2 Å². The number of Topliss-reactive ketones (excluding diaryl/α,β-unsaturated/α-hetero) is 1. The van der Waals surface area contributed by atoms with Crippen LogP contribution in [0, 0.1) is 19.8 Å². The maximum absolute atomic E-state index is 13.8. The number of nitrogens with zero attached hydrogens (tertiary/aromatic N) is 1. The van der Waals surface area contributed by atoms with E-state index in [0.717, 1.165) is 48.8 Å². The Hall–Kier alpha value is -3.76. The molecule has 0 radical (unpaired) electrons. The lowest BCUT2D eigenvalue weighted by Crippen LogP contribution is -2.57. The van der Waals surface area contributed by atoms with E-state index < -0.39 is 29.7 Å². The second-order valence-corrected chi connectivity index (χ2v) is 11.5. The van der Waals surface area contributed by atoms with E-state index in [2.05, 4.69) is 16.0 Å². The molecule has 2 aliphatic rings. The predicted molar refractivity (Wildman–Crippen MR) is 163 cm³/mol. The minimum absolute atomic E-state index is 0.201. The average Bonchev–Trinajstić information content (AvgIpc) is 3.03. The Morgan fingerprint density at radius 1 is 0.884 bits per heavy atom. The van der Waals surface area contributed by atoms with Gasteiger partial charge in [0.1, 0.15) is 12.1 Å². The van der Waals surface area contributed by atoms with Gasteiger partial charge in [-0.25, -0.2) is 4.79 Å². The fourth-order valence-electron chi connectivity index (χ4n) is 5.66. The highest BCUT2D eigenvalue weighted by atomic mass is 16.5. The zero-order chi connectivity index (χ0) is 30.6. The van der Waals surface area contributed by atoms with Crippen molar-refractivity contribution in [2.45, 2.75) is 71.1 Å². The highest BCUT2D eigenvalue weighted by molar-refractivity contribution is 6.42. The summed E-state index contributed by atoms with van der Waals surface area (Å²) in [7, 11) is 0. The van der Waals surface area contributed by atoms with E-state index in [1.807, 2.05) is 62.4 Å². The van der Waals surface area contributed by atoms with Crippen LogP contribution in [-0.4, -0.2) is 73.5 Å². The van der Waals surface area contributed by atoms with Gasteiger partial charge in [0.15, 0.2) is 0 Å². The second-order valence-electron chi connectivity index (χ2n) is 11.5. The molecule has 2 aromatic rings. The van der Waals surface area contributed by atoms with Crippen LogP contribution in [0.3, 0.4) is 0 Å². The summed E-state index contributed by atoms with van der Waals surface area (Å²) >= 11 is 0. The molecular weight excluding hydrogens is 548 g/mol. The van der Waals surface area contributed by atoms with Crippen LogP contribution in [0.25, 0.3) is 0 Å². The number of nitrogens with one attached hydrogen (secondary N) is 3. The van der Waals surface area contributed by atoms with Crippen molar-refractivity contribution in [1.29, 1.82) is 0 Å². The molecule has 3 N–H and O–H groups in total. The Bertz CT molecular complexity index is 1220. The number of aryl methyl sites for hydroxylation is 2. The lowest BCUT2D eigenvalue weighted by atomic mass is 9.84. The number of amides is 4. The quantitative estimate of drug-likeness (QED) is 0.321. The van der Waals surface area contributed by atoms with Crippen LogP contribution in [0.4, 0.5) is 10.5 Å². The lowest BCUT2D eigenvalue weighted by molar-refractivity contribution is -0.139. The molecule has 1 saturated carbocycles. The molecule has 0 aromatic heterocycles. The zero-order valence-electron chi connectivity index (χ0n) is 25.2. The first-order valence-electron chi connectivity index (χ1n) is 15.3. The molecule has 2 fully saturated rings. The maximum atomic E-state index is 13.8. The fraction of sp³-hybridized carbons (Fsp3) is 0.515. The fourth-order valence-corrected chi connectivity index (χ4v) is 5.66. The van der Waals surface area contributed by atoms with Crippen LogP contribution in [0.5, 0.6) is 0 Å². The molecule has 1 aliphatic heterocycles. The maximum Gasteiger partial charge on any atom is 0.318 e. The van der Waals surface area contributed by atoms with Gasteiger partial charge >= 0.3 is 6.03 Å². The summed E-state index contributed by atoms with van der Waals surface area (Å²) in [5, 5.41) is 8.40. The van der Waals surface area contributed by atoms with E-state index in [1.54, 1.807) is 4.90 Å². The van der Waals surface area contributed by atoms with E-state index in [1.165, 1.54) is 0 Å². The van der Waals surface area contributed by atoms with Gasteiger partial charge in [-0.05, 0) is 42.9 Å².